The van der Waals surface area contributed by atoms with Crippen molar-refractivity contribution in [3.8, 4) is 11.8 Å². The van der Waals surface area contributed by atoms with E-state index in [1.807, 2.05) is 6.07 Å². The van der Waals surface area contributed by atoms with E-state index in [0.717, 1.165) is 12.1 Å². The Morgan fingerprint density at radius 1 is 1.47 bits per heavy atom. The molecular weight excluding hydrogens is 443 g/mol. The lowest BCUT2D eigenvalue weighted by molar-refractivity contribution is -0.137. The number of carbonyl (C=O) groups is 1. The van der Waals surface area contributed by atoms with Gasteiger partial charge in [0.05, 0.1) is 45.1 Å². The molecule has 3 rings (SSSR count). The molecule has 2 aromatic rings. The van der Waals surface area contributed by atoms with Crippen molar-refractivity contribution in [2.24, 2.45) is 0 Å². The quantitative estimate of drug-likeness (QED) is 0.666. The molecule has 2 N–H and O–H groups in total. The first-order chi connectivity index (χ1) is 14.0. The smallest absolute Gasteiger partial charge is 0.357 e. The first-order valence-electron chi connectivity index (χ1n) is 8.65. The molecule has 1 aliphatic heterocycles. The van der Waals surface area contributed by atoms with E-state index in [4.69, 9.17) is 11.6 Å². The third-order valence-electron chi connectivity index (χ3n) is 4.80. The molecule has 0 saturated heterocycles. The summed E-state index contributed by atoms with van der Waals surface area (Å²) in [6, 6.07) is 3.68. The van der Waals surface area contributed by atoms with Crippen molar-refractivity contribution in [3.05, 3.63) is 34.0 Å². The predicted octanol–water partition coefficient (Wildman–Crippen LogP) is 3.24. The molecule has 12 heteroatoms. The number of carbonyl (C=O) groups excluding carboxylic acids is 1. The molecule has 0 fully saturated rings. The highest BCUT2D eigenvalue weighted by atomic mass is 35.5. The molecular formula is C18H17ClF3N5O2S. The van der Waals surface area contributed by atoms with Crippen LogP contribution in [-0.4, -0.2) is 39.6 Å². The largest absolute Gasteiger partial charge is 0.416 e. The standard InChI is InChI=1S/C18H17ClF3N5O2S/c1-9(28)13-15(30(3)29)16-25-17(4-5-23,8-24-2)11-6-10(18(20,21)22)7-12(19)14(11)27(16)26-13/h6-7,24-25H,4,8H2,1-3H3. The zero-order valence-electron chi connectivity index (χ0n) is 16.1. The molecule has 30 heavy (non-hydrogen) atoms. The van der Waals surface area contributed by atoms with Crippen LogP contribution in [0.15, 0.2) is 17.0 Å². The zero-order chi connectivity index (χ0) is 22.4. The van der Waals surface area contributed by atoms with E-state index in [9.17, 15) is 27.4 Å². The van der Waals surface area contributed by atoms with Crippen molar-refractivity contribution in [1.29, 1.82) is 5.26 Å². The number of nitrogens with one attached hydrogen (secondary N) is 2. The molecule has 0 saturated carbocycles. The highest BCUT2D eigenvalue weighted by molar-refractivity contribution is 7.84. The minimum Gasteiger partial charge on any atom is -0.357 e. The fourth-order valence-corrected chi connectivity index (χ4v) is 4.76. The van der Waals surface area contributed by atoms with Gasteiger partial charge in [0.25, 0.3) is 0 Å². The fraction of sp³-hybridized carbons (Fsp3) is 0.389. The second-order valence-electron chi connectivity index (χ2n) is 6.87. The van der Waals surface area contributed by atoms with E-state index in [2.05, 4.69) is 15.7 Å². The van der Waals surface area contributed by atoms with Crippen molar-refractivity contribution < 1.29 is 22.2 Å². The number of Topliss-reactive ketones (excluding diaryl/α,β-unsaturated/α-hetero) is 1. The Labute approximate surface area is 177 Å². The molecule has 1 aromatic heterocycles. The molecule has 1 aliphatic rings. The Hall–Kier alpha value is -2.42. The highest BCUT2D eigenvalue weighted by Gasteiger charge is 2.45. The van der Waals surface area contributed by atoms with Crippen molar-refractivity contribution in [2.75, 3.05) is 25.2 Å². The third-order valence-corrected chi connectivity index (χ3v) is 6.05. The van der Waals surface area contributed by atoms with Gasteiger partial charge >= 0.3 is 6.18 Å². The highest BCUT2D eigenvalue weighted by Crippen LogP contribution is 2.47. The molecule has 0 spiro atoms. The number of hydrogen-bond donors (Lipinski definition) is 2. The van der Waals surface area contributed by atoms with Gasteiger partial charge in [-0.1, -0.05) is 11.6 Å². The van der Waals surface area contributed by atoms with Crippen LogP contribution in [0.5, 0.6) is 0 Å². The number of nitriles is 1. The number of nitrogens with zero attached hydrogens (tertiary/aromatic N) is 3. The normalized spacial score (nSPS) is 18.7. The van der Waals surface area contributed by atoms with Crippen molar-refractivity contribution in [3.63, 3.8) is 0 Å². The maximum absolute atomic E-state index is 13.5. The second kappa shape index (κ2) is 7.68. The number of likely N-dealkylation sites (N-methyl/N-ethyl adjacent to an activating group) is 1. The first kappa shape index (κ1) is 22.3. The van der Waals surface area contributed by atoms with Crippen LogP contribution in [0.25, 0.3) is 5.69 Å². The predicted molar refractivity (Wildman–Crippen MR) is 105 cm³/mol. The molecule has 2 heterocycles. The summed E-state index contributed by atoms with van der Waals surface area (Å²) in [6.45, 7) is 1.30. The van der Waals surface area contributed by atoms with Gasteiger partial charge in [-0.25, -0.2) is 4.68 Å². The lowest BCUT2D eigenvalue weighted by Gasteiger charge is -2.40. The van der Waals surface area contributed by atoms with Crippen LogP contribution >= 0.6 is 11.6 Å². The van der Waals surface area contributed by atoms with Crippen LogP contribution < -0.4 is 10.6 Å². The van der Waals surface area contributed by atoms with Gasteiger partial charge in [-0.05, 0) is 19.2 Å². The number of alkyl halides is 3. The number of benzene rings is 1. The van der Waals surface area contributed by atoms with Gasteiger partial charge in [0.15, 0.2) is 5.78 Å². The number of ketones is 1. The SMILES string of the molecule is CNCC1(CC#N)Nc2c(S(C)=O)c(C(C)=O)nn2-c2c(Cl)cc(C(F)(F)F)cc21. The van der Waals surface area contributed by atoms with Gasteiger partial charge in [-0.15, -0.1) is 0 Å². The number of fused-ring (bicyclic) bond motifs is 3. The fourth-order valence-electron chi connectivity index (χ4n) is 3.59. The molecule has 7 nitrogen and oxygen atoms in total. The van der Waals surface area contributed by atoms with Gasteiger partial charge in [-0.3, -0.25) is 9.00 Å². The summed E-state index contributed by atoms with van der Waals surface area (Å²) in [6.07, 6.45) is -3.53. The maximum Gasteiger partial charge on any atom is 0.416 e. The zero-order valence-corrected chi connectivity index (χ0v) is 17.7. The summed E-state index contributed by atoms with van der Waals surface area (Å²) in [5, 5.41) is 19.3. The summed E-state index contributed by atoms with van der Waals surface area (Å²) in [4.78, 5) is 12.2. The summed E-state index contributed by atoms with van der Waals surface area (Å²) >= 11 is 6.28. The summed E-state index contributed by atoms with van der Waals surface area (Å²) in [5.74, 6) is -0.311. The monoisotopic (exact) mass is 459 g/mol. The van der Waals surface area contributed by atoms with Crippen molar-refractivity contribution >= 4 is 34.0 Å². The van der Waals surface area contributed by atoms with E-state index in [0.29, 0.717) is 0 Å². The Bertz CT molecular complexity index is 1110. The summed E-state index contributed by atoms with van der Waals surface area (Å²) < 4.78 is 54.0. The average Bonchev–Trinajstić information content (AvgIpc) is 3.00. The molecule has 2 atom stereocenters. The number of rotatable bonds is 5. The van der Waals surface area contributed by atoms with Gasteiger partial charge < -0.3 is 10.6 Å². The van der Waals surface area contributed by atoms with E-state index in [-0.39, 0.29) is 45.6 Å². The molecule has 0 radical (unpaired) electrons. The van der Waals surface area contributed by atoms with Crippen LogP contribution in [-0.2, 0) is 22.5 Å². The van der Waals surface area contributed by atoms with E-state index >= 15 is 0 Å². The Morgan fingerprint density at radius 3 is 2.63 bits per heavy atom. The number of anilines is 1. The number of hydrogen-bond acceptors (Lipinski definition) is 6. The molecule has 0 aliphatic carbocycles. The summed E-state index contributed by atoms with van der Waals surface area (Å²) in [5.41, 5.74) is -2.20. The maximum atomic E-state index is 13.5. The van der Waals surface area contributed by atoms with Gasteiger partial charge in [0, 0.05) is 25.3 Å². The lowest BCUT2D eigenvalue weighted by atomic mass is 9.83. The van der Waals surface area contributed by atoms with Crippen molar-refractivity contribution in [1.82, 2.24) is 15.1 Å². The van der Waals surface area contributed by atoms with Crippen molar-refractivity contribution in [2.45, 2.75) is 30.0 Å². The third kappa shape index (κ3) is 3.49. The molecule has 0 amide bonds. The Kier molecular flexibility index (Phi) is 5.70. The van der Waals surface area contributed by atoms with Gasteiger partial charge in [0.2, 0.25) is 0 Å². The van der Waals surface area contributed by atoms with Crippen LogP contribution in [0, 0.1) is 11.3 Å². The summed E-state index contributed by atoms with van der Waals surface area (Å²) in [7, 11) is -0.0706. The first-order valence-corrected chi connectivity index (χ1v) is 10.6. The number of halogens is 4. The molecule has 0 bridgehead atoms. The molecule has 2 unspecified atom stereocenters. The topological polar surface area (TPSA) is 99.8 Å². The van der Waals surface area contributed by atoms with Crippen LogP contribution in [0.1, 0.15) is 35.0 Å². The average molecular weight is 460 g/mol. The van der Waals surface area contributed by atoms with Crippen LogP contribution in [0.4, 0.5) is 19.0 Å². The van der Waals surface area contributed by atoms with Crippen LogP contribution in [0.2, 0.25) is 5.02 Å². The second-order valence-corrected chi connectivity index (χ2v) is 8.60. The Morgan fingerprint density at radius 2 is 2.13 bits per heavy atom. The minimum atomic E-state index is -4.66. The van der Waals surface area contributed by atoms with E-state index < -0.39 is 33.9 Å². The van der Waals surface area contributed by atoms with E-state index in [1.54, 1.807) is 7.05 Å². The molecule has 160 valence electrons. The Balaban J connectivity index is 2.47. The van der Waals surface area contributed by atoms with Gasteiger partial charge in [-0.2, -0.15) is 23.5 Å². The van der Waals surface area contributed by atoms with Gasteiger partial charge in [0.1, 0.15) is 16.4 Å². The van der Waals surface area contributed by atoms with E-state index in [1.165, 1.54) is 17.9 Å². The van der Waals surface area contributed by atoms with Crippen LogP contribution in [0.3, 0.4) is 0 Å². The lowest BCUT2D eigenvalue weighted by Crippen LogP contribution is -2.47. The molecule has 1 aromatic carbocycles. The number of aromatic nitrogens is 2. The minimum absolute atomic E-state index is 0.0571.